The van der Waals surface area contributed by atoms with Gasteiger partial charge in [0.15, 0.2) is 17.3 Å². The van der Waals surface area contributed by atoms with Crippen LogP contribution in [0.4, 0.5) is 0 Å². The molecule has 22 heavy (non-hydrogen) atoms. The number of phenols is 2. The average Bonchev–Trinajstić information content (AvgIpc) is 2.52. The second-order valence-electron chi connectivity index (χ2n) is 4.71. The maximum absolute atomic E-state index is 12.2. The van der Waals surface area contributed by atoms with Crippen molar-refractivity contribution >= 4 is 12.0 Å². The highest BCUT2D eigenvalue weighted by molar-refractivity contribution is 5.89. The Bertz CT molecular complexity index is 668. The summed E-state index contributed by atoms with van der Waals surface area (Å²) < 4.78 is 5.24. The fraction of sp³-hybridized carbons (Fsp3) is 0.176. The van der Waals surface area contributed by atoms with E-state index in [0.717, 1.165) is 5.56 Å². The molecule has 2 rings (SSSR count). The van der Waals surface area contributed by atoms with Crippen LogP contribution in [0.5, 0.6) is 11.5 Å². The van der Waals surface area contributed by atoms with Crippen molar-refractivity contribution in [2.45, 2.75) is 6.10 Å². The summed E-state index contributed by atoms with van der Waals surface area (Å²) in [5.74, 6) is -0.584. The first-order chi connectivity index (χ1) is 10.6. The lowest BCUT2D eigenvalue weighted by molar-refractivity contribution is -0.127. The number of rotatable bonds is 6. The molecule has 0 amide bonds. The maximum atomic E-state index is 12.2. The second kappa shape index (κ2) is 7.38. The summed E-state index contributed by atoms with van der Waals surface area (Å²) in [6, 6.07) is 13.5. The molecule has 0 aliphatic rings. The standard InChI is InChI=1S/C17H17NO4/c1-22-17(13-5-3-2-4-6-13)16(21)11-18-10-12-7-8-14(19)15(20)9-12/h2-10,17,19-20H,11H2,1H3. The highest BCUT2D eigenvalue weighted by atomic mass is 16.5. The zero-order valence-corrected chi connectivity index (χ0v) is 12.1. The van der Waals surface area contributed by atoms with Crippen molar-refractivity contribution < 1.29 is 19.7 Å². The molecule has 114 valence electrons. The number of carbonyl (C=O) groups excluding carboxylic acids is 1. The molecule has 2 aromatic rings. The molecule has 0 bridgehead atoms. The smallest absolute Gasteiger partial charge is 0.187 e. The largest absolute Gasteiger partial charge is 0.504 e. The van der Waals surface area contributed by atoms with E-state index in [1.165, 1.54) is 25.5 Å². The van der Waals surface area contributed by atoms with Crippen molar-refractivity contribution in [1.29, 1.82) is 0 Å². The second-order valence-corrected chi connectivity index (χ2v) is 4.71. The van der Waals surface area contributed by atoms with Crippen molar-refractivity contribution in [2.75, 3.05) is 13.7 Å². The Morgan fingerprint density at radius 1 is 1.18 bits per heavy atom. The SMILES string of the molecule is COC(C(=O)CN=Cc1ccc(O)c(O)c1)c1ccccc1. The van der Waals surface area contributed by atoms with Crippen molar-refractivity contribution in [2.24, 2.45) is 4.99 Å². The van der Waals surface area contributed by atoms with Crippen LogP contribution in [0.2, 0.25) is 0 Å². The molecule has 0 spiro atoms. The molecule has 0 fully saturated rings. The van der Waals surface area contributed by atoms with Crippen LogP contribution in [0.15, 0.2) is 53.5 Å². The molecule has 1 atom stereocenters. The molecule has 1 unspecified atom stereocenters. The zero-order valence-electron chi connectivity index (χ0n) is 12.1. The Morgan fingerprint density at radius 3 is 2.55 bits per heavy atom. The summed E-state index contributed by atoms with van der Waals surface area (Å²) in [7, 11) is 1.48. The number of hydrogen-bond donors (Lipinski definition) is 2. The number of nitrogens with zero attached hydrogens (tertiary/aromatic N) is 1. The minimum Gasteiger partial charge on any atom is -0.504 e. The lowest BCUT2D eigenvalue weighted by Crippen LogP contribution is -2.17. The molecule has 0 radical (unpaired) electrons. The monoisotopic (exact) mass is 299 g/mol. The number of ether oxygens (including phenoxy) is 1. The lowest BCUT2D eigenvalue weighted by atomic mass is 10.1. The third-order valence-electron chi connectivity index (χ3n) is 3.12. The van der Waals surface area contributed by atoms with Gasteiger partial charge >= 0.3 is 0 Å². The Balaban J connectivity index is 2.02. The molecular weight excluding hydrogens is 282 g/mol. The summed E-state index contributed by atoms with van der Waals surface area (Å²) in [4.78, 5) is 16.2. The number of carbonyl (C=O) groups is 1. The number of benzene rings is 2. The third kappa shape index (κ3) is 3.93. The van der Waals surface area contributed by atoms with Crippen LogP contribution in [0.3, 0.4) is 0 Å². The van der Waals surface area contributed by atoms with Gasteiger partial charge in [0, 0.05) is 13.3 Å². The average molecular weight is 299 g/mol. The number of hydrogen-bond acceptors (Lipinski definition) is 5. The first-order valence-corrected chi connectivity index (χ1v) is 6.74. The molecule has 2 aromatic carbocycles. The van der Waals surface area contributed by atoms with E-state index in [9.17, 15) is 15.0 Å². The van der Waals surface area contributed by atoms with E-state index in [4.69, 9.17) is 4.74 Å². The van der Waals surface area contributed by atoms with Gasteiger partial charge in [-0.3, -0.25) is 9.79 Å². The molecule has 2 N–H and O–H groups in total. The molecule has 0 aliphatic heterocycles. The first-order valence-electron chi connectivity index (χ1n) is 6.74. The van der Waals surface area contributed by atoms with Crippen molar-refractivity contribution in [3.63, 3.8) is 0 Å². The van der Waals surface area contributed by atoms with E-state index in [2.05, 4.69) is 4.99 Å². The predicted octanol–water partition coefficient (Wildman–Crippen LogP) is 2.47. The molecule has 0 aliphatic carbocycles. The predicted molar refractivity (Wildman–Crippen MR) is 83.4 cm³/mol. The van der Waals surface area contributed by atoms with E-state index in [0.29, 0.717) is 5.56 Å². The number of methoxy groups -OCH3 is 1. The third-order valence-corrected chi connectivity index (χ3v) is 3.12. The van der Waals surface area contributed by atoms with Gasteiger partial charge < -0.3 is 14.9 Å². The lowest BCUT2D eigenvalue weighted by Gasteiger charge is -2.13. The highest BCUT2D eigenvalue weighted by Gasteiger charge is 2.18. The molecule has 0 saturated carbocycles. The number of aliphatic imine (C=N–C) groups is 1. The van der Waals surface area contributed by atoms with E-state index in [1.807, 2.05) is 30.3 Å². The quantitative estimate of drug-likeness (QED) is 0.634. The van der Waals surface area contributed by atoms with Gasteiger partial charge in [-0.15, -0.1) is 0 Å². The van der Waals surface area contributed by atoms with Gasteiger partial charge in [-0.1, -0.05) is 30.3 Å². The van der Waals surface area contributed by atoms with Crippen molar-refractivity contribution in [1.82, 2.24) is 0 Å². The van der Waals surface area contributed by atoms with E-state index < -0.39 is 6.10 Å². The maximum Gasteiger partial charge on any atom is 0.187 e. The van der Waals surface area contributed by atoms with Crippen LogP contribution in [0.25, 0.3) is 0 Å². The van der Waals surface area contributed by atoms with Crippen molar-refractivity contribution in [3.05, 3.63) is 59.7 Å². The Kier molecular flexibility index (Phi) is 5.27. The number of ketones is 1. The molecule has 5 nitrogen and oxygen atoms in total. The van der Waals surface area contributed by atoms with Gasteiger partial charge in [0.25, 0.3) is 0 Å². The Morgan fingerprint density at radius 2 is 1.91 bits per heavy atom. The van der Waals surface area contributed by atoms with Crippen LogP contribution in [-0.4, -0.2) is 35.9 Å². The van der Waals surface area contributed by atoms with Crippen molar-refractivity contribution in [3.8, 4) is 11.5 Å². The minimum atomic E-state index is -0.647. The number of phenolic OH excluding ortho intramolecular Hbond substituents is 2. The number of Topliss-reactive ketones (excluding diaryl/α,β-unsaturated/α-hetero) is 1. The molecule has 5 heteroatoms. The van der Waals surface area contributed by atoms with E-state index in [1.54, 1.807) is 6.07 Å². The van der Waals surface area contributed by atoms with Crippen LogP contribution in [0.1, 0.15) is 17.2 Å². The van der Waals surface area contributed by atoms with Gasteiger partial charge in [0.05, 0.1) is 0 Å². The summed E-state index contributed by atoms with van der Waals surface area (Å²) in [5.41, 5.74) is 1.38. The fourth-order valence-corrected chi connectivity index (χ4v) is 2.03. The first kappa shape index (κ1) is 15.7. The summed E-state index contributed by atoms with van der Waals surface area (Å²) in [6.45, 7) is -0.0327. The highest BCUT2D eigenvalue weighted by Crippen LogP contribution is 2.24. The number of aromatic hydroxyl groups is 2. The van der Waals surface area contributed by atoms with Gasteiger partial charge in [-0.05, 0) is 29.3 Å². The van der Waals surface area contributed by atoms with Gasteiger partial charge in [0.2, 0.25) is 0 Å². The summed E-state index contributed by atoms with van der Waals surface area (Å²) >= 11 is 0. The van der Waals surface area contributed by atoms with Gasteiger partial charge in [-0.2, -0.15) is 0 Å². The van der Waals surface area contributed by atoms with E-state index in [-0.39, 0.29) is 23.8 Å². The van der Waals surface area contributed by atoms with Crippen LogP contribution in [0, 0.1) is 0 Å². The molecule has 0 heterocycles. The summed E-state index contributed by atoms with van der Waals surface area (Å²) in [5, 5.41) is 18.6. The van der Waals surface area contributed by atoms with Crippen LogP contribution < -0.4 is 0 Å². The minimum absolute atomic E-state index is 0.0327. The Hall–Kier alpha value is -2.66. The molecule has 0 aromatic heterocycles. The van der Waals surface area contributed by atoms with Gasteiger partial charge in [0.1, 0.15) is 12.6 Å². The van der Waals surface area contributed by atoms with E-state index >= 15 is 0 Å². The Labute approximate surface area is 128 Å². The summed E-state index contributed by atoms with van der Waals surface area (Å²) in [6.07, 6.45) is 0.820. The topological polar surface area (TPSA) is 79.1 Å². The molecule has 0 saturated heterocycles. The van der Waals surface area contributed by atoms with Crippen LogP contribution in [-0.2, 0) is 9.53 Å². The van der Waals surface area contributed by atoms with Crippen LogP contribution >= 0.6 is 0 Å². The van der Waals surface area contributed by atoms with Gasteiger partial charge in [-0.25, -0.2) is 0 Å². The normalized spacial score (nSPS) is 12.4. The zero-order chi connectivity index (χ0) is 15.9. The molecular formula is C17H17NO4. The fourth-order valence-electron chi connectivity index (χ4n) is 2.03.